The molecule has 2 heterocycles. The molecule has 0 saturated carbocycles. The summed E-state index contributed by atoms with van der Waals surface area (Å²) in [4.78, 5) is 37.3. The average molecular weight is 676 g/mol. The number of halogens is 2. The molecule has 12 heteroatoms. The number of methoxy groups -OCH3 is 2. The minimum absolute atomic E-state index is 0.267. The van der Waals surface area contributed by atoms with Gasteiger partial charge in [0.2, 0.25) is 6.41 Å². The Balaban J connectivity index is 0.000000218. The summed E-state index contributed by atoms with van der Waals surface area (Å²) in [6.07, 6.45) is 6.27. The van der Waals surface area contributed by atoms with Crippen LogP contribution < -0.4 is 10.3 Å². The summed E-state index contributed by atoms with van der Waals surface area (Å²) in [6.45, 7) is 1.73. The fraction of sp³-hybridized carbons (Fsp3) is 0.229. The van der Waals surface area contributed by atoms with Gasteiger partial charge in [-0.1, -0.05) is 71.9 Å². The maximum atomic E-state index is 13.0. The lowest BCUT2D eigenvalue weighted by molar-refractivity contribution is -0.119. The summed E-state index contributed by atoms with van der Waals surface area (Å²) in [5.74, 6) is 0.336. The zero-order valence-electron chi connectivity index (χ0n) is 26.3. The molecule has 0 fully saturated rings. The van der Waals surface area contributed by atoms with Crippen LogP contribution in [0.1, 0.15) is 22.3 Å². The topological polar surface area (TPSA) is 99.4 Å². The molecule has 0 aliphatic carbocycles. The van der Waals surface area contributed by atoms with E-state index in [2.05, 4.69) is 27.1 Å². The van der Waals surface area contributed by atoms with Crippen LogP contribution in [0.4, 0.5) is 4.39 Å². The molecule has 0 saturated heterocycles. The van der Waals surface area contributed by atoms with Crippen molar-refractivity contribution < 1.29 is 18.7 Å². The number of aromatic nitrogens is 4. The standard InChI is InChI=1S/C18H17FN4O2S.C17H18ClNO2/c1-23-10-14(7-13-8-20-17(25-2)21-9-13)16(24)22-18(23)26-11-12-3-5-15(19)6-4-12;1-21-11-10-19(13-20)12-14-2-4-15(5-3-14)16-6-8-17(18)9-7-16/h3-6,8-10H,7,11H2,1-2H3;2-9,13H,10-12H2,1H3. The van der Waals surface area contributed by atoms with E-state index in [1.165, 1.54) is 31.0 Å². The molecular weight excluding hydrogens is 641 g/mol. The van der Waals surface area contributed by atoms with Crippen LogP contribution in [0, 0.1) is 5.82 Å². The van der Waals surface area contributed by atoms with Crippen LogP contribution >= 0.6 is 23.4 Å². The van der Waals surface area contributed by atoms with Gasteiger partial charge < -0.3 is 18.9 Å². The number of rotatable bonds is 13. The van der Waals surface area contributed by atoms with Crippen LogP contribution in [0.3, 0.4) is 0 Å². The number of aryl methyl sites for hydroxylation is 1. The SMILES string of the molecule is COCCN(C=O)Cc1ccc(-c2ccc(Cl)cc2)cc1.COc1ncc(Cc2cn(C)c(SCc3ccc(F)cc3)nc2=O)cn1. The van der Waals surface area contributed by atoms with Crippen molar-refractivity contribution in [1.82, 2.24) is 24.4 Å². The second-order valence-electron chi connectivity index (χ2n) is 10.4. The van der Waals surface area contributed by atoms with Gasteiger partial charge in [-0.05, 0) is 52.1 Å². The molecule has 0 aliphatic rings. The molecule has 2 aromatic heterocycles. The number of ether oxygens (including phenoxy) is 2. The van der Waals surface area contributed by atoms with Gasteiger partial charge in [-0.15, -0.1) is 0 Å². The smallest absolute Gasteiger partial charge is 0.316 e. The molecule has 0 spiro atoms. The van der Waals surface area contributed by atoms with Crippen molar-refractivity contribution in [2.45, 2.75) is 23.9 Å². The van der Waals surface area contributed by atoms with E-state index in [0.29, 0.717) is 42.6 Å². The monoisotopic (exact) mass is 675 g/mol. The van der Waals surface area contributed by atoms with Gasteiger partial charge >= 0.3 is 6.01 Å². The molecule has 0 aliphatic heterocycles. The lowest BCUT2D eigenvalue weighted by Crippen LogP contribution is -2.25. The minimum atomic E-state index is -0.277. The van der Waals surface area contributed by atoms with E-state index < -0.39 is 0 Å². The fourth-order valence-corrected chi connectivity index (χ4v) is 5.40. The molecule has 1 amide bonds. The maximum Gasteiger partial charge on any atom is 0.316 e. The Hall–Kier alpha value is -4.58. The largest absolute Gasteiger partial charge is 0.467 e. The van der Waals surface area contributed by atoms with E-state index in [-0.39, 0.29) is 17.4 Å². The molecule has 0 unspecified atom stereocenters. The zero-order valence-corrected chi connectivity index (χ0v) is 27.9. The number of benzene rings is 3. The van der Waals surface area contributed by atoms with Crippen molar-refractivity contribution >= 4 is 29.8 Å². The number of carbonyl (C=O) groups excluding carboxylic acids is 1. The van der Waals surface area contributed by atoms with Gasteiger partial charge in [0.15, 0.2) is 5.16 Å². The Morgan fingerprint density at radius 2 is 1.53 bits per heavy atom. The predicted molar refractivity (Wildman–Crippen MR) is 182 cm³/mol. The summed E-state index contributed by atoms with van der Waals surface area (Å²) in [7, 11) is 4.97. The first-order valence-corrected chi connectivity index (χ1v) is 16.0. The third kappa shape index (κ3) is 11.0. The van der Waals surface area contributed by atoms with Crippen LogP contribution in [0.15, 0.2) is 101 Å². The number of hydrogen-bond donors (Lipinski definition) is 0. The van der Waals surface area contributed by atoms with E-state index in [9.17, 15) is 14.0 Å². The van der Waals surface area contributed by atoms with Gasteiger partial charge in [-0.2, -0.15) is 4.98 Å². The highest BCUT2D eigenvalue weighted by Crippen LogP contribution is 2.23. The van der Waals surface area contributed by atoms with Crippen molar-refractivity contribution in [3.05, 3.63) is 135 Å². The molecule has 47 heavy (non-hydrogen) atoms. The van der Waals surface area contributed by atoms with E-state index in [0.717, 1.165) is 39.2 Å². The van der Waals surface area contributed by atoms with E-state index in [1.54, 1.807) is 42.7 Å². The lowest BCUT2D eigenvalue weighted by Gasteiger charge is -2.17. The Morgan fingerprint density at radius 3 is 2.13 bits per heavy atom. The Morgan fingerprint density at radius 1 is 0.915 bits per heavy atom. The first kappa shape index (κ1) is 35.3. The Bertz CT molecular complexity index is 1770. The van der Waals surface area contributed by atoms with Gasteiger partial charge in [-0.25, -0.2) is 14.4 Å². The van der Waals surface area contributed by atoms with Crippen LogP contribution in [0.5, 0.6) is 6.01 Å². The van der Waals surface area contributed by atoms with Gasteiger partial charge in [0, 0.05) is 68.6 Å². The number of carbonyl (C=O) groups is 1. The lowest BCUT2D eigenvalue weighted by atomic mass is 10.0. The number of amides is 1. The maximum absolute atomic E-state index is 13.0. The summed E-state index contributed by atoms with van der Waals surface area (Å²) in [5, 5.41) is 1.34. The summed E-state index contributed by atoms with van der Waals surface area (Å²) in [6, 6.07) is 22.5. The van der Waals surface area contributed by atoms with Crippen LogP contribution in [0.25, 0.3) is 11.1 Å². The van der Waals surface area contributed by atoms with Crippen molar-refractivity contribution in [2.75, 3.05) is 27.4 Å². The minimum Gasteiger partial charge on any atom is -0.467 e. The second-order valence-corrected chi connectivity index (χ2v) is 11.8. The molecule has 244 valence electrons. The predicted octanol–water partition coefficient (Wildman–Crippen LogP) is 6.21. The average Bonchev–Trinajstić information content (AvgIpc) is 3.09. The van der Waals surface area contributed by atoms with Gasteiger partial charge in [0.25, 0.3) is 5.56 Å². The molecule has 5 rings (SSSR count). The first-order valence-electron chi connectivity index (χ1n) is 14.6. The zero-order chi connectivity index (χ0) is 33.6. The molecular formula is C35H35ClFN5O4S. The van der Waals surface area contributed by atoms with E-state index in [1.807, 2.05) is 48.0 Å². The van der Waals surface area contributed by atoms with Crippen LogP contribution in [-0.2, 0) is 35.3 Å². The molecule has 9 nitrogen and oxygen atoms in total. The number of thioether (sulfide) groups is 1. The molecule has 3 aromatic carbocycles. The second kappa shape index (κ2) is 17.9. The van der Waals surface area contributed by atoms with Crippen LogP contribution in [0.2, 0.25) is 5.02 Å². The summed E-state index contributed by atoms with van der Waals surface area (Å²) in [5.41, 5.74) is 5.40. The van der Waals surface area contributed by atoms with Gasteiger partial charge in [-0.3, -0.25) is 9.59 Å². The highest BCUT2D eigenvalue weighted by molar-refractivity contribution is 7.98. The quantitative estimate of drug-likeness (QED) is 0.0825. The van der Waals surface area contributed by atoms with E-state index in [4.69, 9.17) is 21.1 Å². The molecule has 0 atom stereocenters. The van der Waals surface area contributed by atoms with Gasteiger partial charge in [0.1, 0.15) is 5.82 Å². The third-order valence-corrected chi connectivity index (χ3v) is 8.28. The Labute approximate surface area is 282 Å². The molecule has 0 bridgehead atoms. The van der Waals surface area contributed by atoms with Crippen LogP contribution in [-0.4, -0.2) is 58.2 Å². The summed E-state index contributed by atoms with van der Waals surface area (Å²) >= 11 is 7.32. The first-order chi connectivity index (χ1) is 22.8. The number of hydrogen-bond acceptors (Lipinski definition) is 8. The van der Waals surface area contributed by atoms with Crippen molar-refractivity contribution in [3.8, 4) is 17.1 Å². The molecule has 5 aromatic rings. The Kier molecular flexibility index (Phi) is 13.5. The van der Waals surface area contributed by atoms with Crippen molar-refractivity contribution in [2.24, 2.45) is 7.05 Å². The molecule has 0 radical (unpaired) electrons. The third-order valence-electron chi connectivity index (χ3n) is 6.91. The van der Waals surface area contributed by atoms with E-state index >= 15 is 0 Å². The van der Waals surface area contributed by atoms with Crippen molar-refractivity contribution in [1.29, 1.82) is 0 Å². The molecule has 0 N–H and O–H groups in total. The normalized spacial score (nSPS) is 10.6. The highest BCUT2D eigenvalue weighted by Gasteiger charge is 2.10. The van der Waals surface area contributed by atoms with Gasteiger partial charge in [0.05, 0.1) is 13.7 Å². The highest BCUT2D eigenvalue weighted by atomic mass is 35.5. The number of nitrogens with zero attached hydrogens (tertiary/aromatic N) is 5. The summed E-state index contributed by atoms with van der Waals surface area (Å²) < 4.78 is 24.7. The van der Waals surface area contributed by atoms with Crippen molar-refractivity contribution in [3.63, 3.8) is 0 Å². The fourth-order valence-electron chi connectivity index (χ4n) is 4.38.